The molecule has 40 heavy (non-hydrogen) atoms. The number of sulfonamides is 1. The lowest BCUT2D eigenvalue weighted by Crippen LogP contribution is -2.38. The van der Waals surface area contributed by atoms with Crippen LogP contribution in [0, 0.1) is 5.82 Å². The summed E-state index contributed by atoms with van der Waals surface area (Å²) >= 11 is 0. The van der Waals surface area contributed by atoms with Gasteiger partial charge in [0.15, 0.2) is 0 Å². The van der Waals surface area contributed by atoms with Gasteiger partial charge in [0.05, 0.1) is 17.5 Å². The molecule has 3 aromatic carbocycles. The van der Waals surface area contributed by atoms with Gasteiger partial charge in [0.25, 0.3) is 5.91 Å². The first-order valence-corrected chi connectivity index (χ1v) is 14.7. The molecule has 0 fully saturated rings. The van der Waals surface area contributed by atoms with Gasteiger partial charge in [-0.2, -0.15) is 0 Å². The summed E-state index contributed by atoms with van der Waals surface area (Å²) in [5, 5.41) is 17.1. The molecule has 10 heteroatoms. The molecule has 0 saturated carbocycles. The number of fused-ring (bicyclic) bond motifs is 1. The molecule has 4 rings (SSSR count). The zero-order chi connectivity index (χ0) is 29.4. The number of anilines is 1. The standard InChI is InChI=1S/C30H34FN3O5S/c1-7-34(40(6,37)38)24-17-25-23(26(29(36)32-5)27(39-25)18-11-13-21(31)14-12-18)16-22(24)19-9-8-10-20(15-19)28(35)33-30(2,3)4/h8-17,28,33,35H,7H2,1-6H3,(H,32,36). The molecule has 3 N–H and O–H groups in total. The molecule has 0 aliphatic carbocycles. The number of rotatable bonds is 8. The molecule has 1 unspecified atom stereocenters. The third-order valence-electron chi connectivity index (χ3n) is 6.41. The molecule has 1 aromatic heterocycles. The van der Waals surface area contributed by atoms with Crippen LogP contribution in [0.5, 0.6) is 0 Å². The van der Waals surface area contributed by atoms with Crippen molar-refractivity contribution in [2.45, 2.75) is 39.5 Å². The number of aliphatic hydroxyl groups is 1. The summed E-state index contributed by atoms with van der Waals surface area (Å²) in [6.07, 6.45) is 0.157. The van der Waals surface area contributed by atoms with Crippen molar-refractivity contribution in [2.75, 3.05) is 24.2 Å². The van der Waals surface area contributed by atoms with Crippen LogP contribution in [0.3, 0.4) is 0 Å². The van der Waals surface area contributed by atoms with Gasteiger partial charge in [-0.3, -0.25) is 14.4 Å². The highest BCUT2D eigenvalue weighted by Gasteiger charge is 2.27. The van der Waals surface area contributed by atoms with Crippen molar-refractivity contribution >= 4 is 32.6 Å². The van der Waals surface area contributed by atoms with Crippen LogP contribution in [-0.2, 0) is 10.0 Å². The zero-order valence-electron chi connectivity index (χ0n) is 23.4. The molecule has 0 spiro atoms. The Bertz CT molecular complexity index is 1660. The maximum Gasteiger partial charge on any atom is 0.255 e. The largest absolute Gasteiger partial charge is 0.455 e. The quantitative estimate of drug-likeness (QED) is 0.245. The minimum absolute atomic E-state index is 0.152. The van der Waals surface area contributed by atoms with Gasteiger partial charge in [0.2, 0.25) is 10.0 Å². The Morgan fingerprint density at radius 1 is 1.07 bits per heavy atom. The second-order valence-corrected chi connectivity index (χ2v) is 12.5. The average molecular weight is 568 g/mol. The lowest BCUT2D eigenvalue weighted by atomic mass is 9.96. The fourth-order valence-corrected chi connectivity index (χ4v) is 5.66. The number of nitrogens with zero attached hydrogens (tertiary/aromatic N) is 1. The van der Waals surface area contributed by atoms with Crippen molar-refractivity contribution in [2.24, 2.45) is 0 Å². The first kappa shape index (κ1) is 29.3. The van der Waals surface area contributed by atoms with E-state index < -0.39 is 28.0 Å². The summed E-state index contributed by atoms with van der Waals surface area (Å²) in [7, 11) is -2.19. The van der Waals surface area contributed by atoms with Gasteiger partial charge in [0, 0.05) is 41.7 Å². The number of amides is 1. The fraction of sp³-hybridized carbons (Fsp3) is 0.300. The number of carbonyl (C=O) groups excluding carboxylic acids is 1. The summed E-state index contributed by atoms with van der Waals surface area (Å²) in [5.41, 5.74) is 2.79. The minimum Gasteiger partial charge on any atom is -0.455 e. The van der Waals surface area contributed by atoms with Crippen LogP contribution >= 0.6 is 0 Å². The monoisotopic (exact) mass is 567 g/mol. The summed E-state index contributed by atoms with van der Waals surface area (Å²) in [6, 6.07) is 16.1. The lowest BCUT2D eigenvalue weighted by molar-refractivity contribution is 0.0964. The number of hydrogen-bond acceptors (Lipinski definition) is 6. The van der Waals surface area contributed by atoms with Gasteiger partial charge in [0.1, 0.15) is 23.4 Å². The Morgan fingerprint density at radius 2 is 1.75 bits per heavy atom. The van der Waals surface area contributed by atoms with Crippen molar-refractivity contribution in [3.63, 3.8) is 0 Å². The van der Waals surface area contributed by atoms with Gasteiger partial charge < -0.3 is 14.8 Å². The number of nitrogens with one attached hydrogen (secondary N) is 2. The van der Waals surface area contributed by atoms with E-state index >= 15 is 0 Å². The Morgan fingerprint density at radius 3 is 2.33 bits per heavy atom. The van der Waals surface area contributed by atoms with Gasteiger partial charge in [-0.15, -0.1) is 0 Å². The molecular formula is C30H34FN3O5S. The van der Waals surface area contributed by atoms with Gasteiger partial charge in [-0.25, -0.2) is 12.8 Å². The third-order valence-corrected chi connectivity index (χ3v) is 7.66. The summed E-state index contributed by atoms with van der Waals surface area (Å²) in [5.74, 6) is -0.607. The van der Waals surface area contributed by atoms with Crippen molar-refractivity contribution in [1.29, 1.82) is 0 Å². The molecular weight excluding hydrogens is 533 g/mol. The summed E-state index contributed by atoms with van der Waals surface area (Å²) in [4.78, 5) is 13.1. The first-order valence-electron chi connectivity index (χ1n) is 12.9. The molecule has 0 saturated heterocycles. The molecule has 0 radical (unpaired) electrons. The van der Waals surface area contributed by atoms with Crippen molar-refractivity contribution in [3.05, 3.63) is 77.6 Å². The van der Waals surface area contributed by atoms with E-state index in [1.807, 2.05) is 26.8 Å². The Hall–Kier alpha value is -3.73. The van der Waals surface area contributed by atoms with E-state index in [0.717, 1.165) is 6.26 Å². The van der Waals surface area contributed by atoms with E-state index in [2.05, 4.69) is 10.6 Å². The van der Waals surface area contributed by atoms with E-state index in [1.165, 1.54) is 35.6 Å². The normalized spacial score (nSPS) is 12.9. The van der Waals surface area contributed by atoms with Crippen LogP contribution < -0.4 is 14.9 Å². The molecule has 1 amide bonds. The third kappa shape index (κ3) is 6.04. The van der Waals surface area contributed by atoms with Crippen molar-refractivity contribution in [1.82, 2.24) is 10.6 Å². The predicted octanol–water partition coefficient (Wildman–Crippen LogP) is 5.43. The lowest BCUT2D eigenvalue weighted by Gasteiger charge is -2.26. The average Bonchev–Trinajstić information content (AvgIpc) is 3.25. The van der Waals surface area contributed by atoms with Gasteiger partial charge in [-0.1, -0.05) is 18.2 Å². The number of benzene rings is 3. The maximum absolute atomic E-state index is 13.7. The summed E-state index contributed by atoms with van der Waals surface area (Å²) < 4.78 is 46.7. The van der Waals surface area contributed by atoms with Crippen LogP contribution in [0.25, 0.3) is 33.4 Å². The highest BCUT2D eigenvalue weighted by molar-refractivity contribution is 7.92. The number of carbonyl (C=O) groups is 1. The SMILES string of the molecule is CCN(c1cc2oc(-c3ccc(F)cc3)c(C(=O)NC)c2cc1-c1cccc(C(O)NC(C)(C)C)c1)S(C)(=O)=O. The Labute approximate surface area is 233 Å². The van der Waals surface area contributed by atoms with Crippen molar-refractivity contribution in [3.8, 4) is 22.5 Å². The topological polar surface area (TPSA) is 112 Å². The molecule has 0 aliphatic heterocycles. The molecule has 212 valence electrons. The highest BCUT2D eigenvalue weighted by atomic mass is 32.2. The smallest absolute Gasteiger partial charge is 0.255 e. The number of halogens is 1. The maximum atomic E-state index is 13.7. The molecule has 0 bridgehead atoms. The molecule has 4 aromatic rings. The van der Waals surface area contributed by atoms with Crippen molar-refractivity contribution < 1.29 is 27.1 Å². The van der Waals surface area contributed by atoms with Crippen LogP contribution in [0.2, 0.25) is 0 Å². The Kier molecular flexibility index (Phi) is 8.07. The number of aliphatic hydroxyl groups excluding tert-OH is 1. The fourth-order valence-electron chi connectivity index (χ4n) is 4.68. The summed E-state index contributed by atoms with van der Waals surface area (Å²) in [6.45, 7) is 7.70. The number of hydrogen-bond donors (Lipinski definition) is 3. The van der Waals surface area contributed by atoms with E-state index in [9.17, 15) is 22.7 Å². The predicted molar refractivity (Wildman–Crippen MR) is 156 cm³/mol. The minimum atomic E-state index is -3.69. The number of furan rings is 1. The van der Waals surface area contributed by atoms with Crippen LogP contribution in [0.1, 0.15) is 49.8 Å². The molecule has 1 heterocycles. The van der Waals surface area contributed by atoms with E-state index in [4.69, 9.17) is 4.42 Å². The van der Waals surface area contributed by atoms with Crippen LogP contribution in [0.15, 0.2) is 65.1 Å². The first-order chi connectivity index (χ1) is 18.7. The highest BCUT2D eigenvalue weighted by Crippen LogP contribution is 2.42. The van der Waals surface area contributed by atoms with Gasteiger partial charge >= 0.3 is 0 Å². The molecule has 1 atom stereocenters. The van der Waals surface area contributed by atoms with E-state index in [0.29, 0.717) is 38.9 Å². The van der Waals surface area contributed by atoms with Crippen LogP contribution in [-0.4, -0.2) is 44.8 Å². The van der Waals surface area contributed by atoms with E-state index in [1.54, 1.807) is 37.3 Å². The van der Waals surface area contributed by atoms with Gasteiger partial charge in [-0.05, 0) is 75.2 Å². The molecule has 0 aliphatic rings. The Balaban J connectivity index is 2.03. The second-order valence-electron chi connectivity index (χ2n) is 10.6. The van der Waals surface area contributed by atoms with Crippen LogP contribution in [0.4, 0.5) is 10.1 Å². The molecule has 8 nitrogen and oxygen atoms in total. The second kappa shape index (κ2) is 11.0. The van der Waals surface area contributed by atoms with E-state index in [-0.39, 0.29) is 23.4 Å². The zero-order valence-corrected chi connectivity index (χ0v) is 24.2.